The number of aliphatic hydroxyl groups is 1. The number of aliphatic hydroxyl groups excluding tert-OH is 1. The molecule has 1 heterocycles. The Hall–Kier alpha value is -1.88. The Morgan fingerprint density at radius 2 is 2.25 bits per heavy atom. The first-order chi connectivity index (χ1) is 9.57. The number of hydrogen-bond acceptors (Lipinski definition) is 3. The molecule has 1 aromatic rings. The van der Waals surface area contributed by atoms with Gasteiger partial charge in [0.25, 0.3) is 0 Å². The summed E-state index contributed by atoms with van der Waals surface area (Å²) in [5, 5.41) is 16.7. The normalized spacial score (nSPS) is 24.1. The number of hydrogen-bond donors (Lipinski definition) is 3. The van der Waals surface area contributed by atoms with Gasteiger partial charge in [-0.2, -0.15) is 0 Å². The molecule has 106 valence electrons. The van der Waals surface area contributed by atoms with E-state index in [1.165, 1.54) is 11.1 Å². The van der Waals surface area contributed by atoms with Gasteiger partial charge >= 0.3 is 0 Å². The Balaban J connectivity index is 1.96. The first-order valence-corrected chi connectivity index (χ1v) is 6.93. The monoisotopic (exact) mass is 273 g/mol. The van der Waals surface area contributed by atoms with Crippen molar-refractivity contribution >= 4 is 11.7 Å². The fraction of sp³-hybridized carbons (Fsp3) is 0.467. The average Bonchev–Trinajstić information content (AvgIpc) is 3.04. The number of likely N-dealkylation sites (tertiary alicyclic amines) is 1. The molecule has 20 heavy (non-hydrogen) atoms. The van der Waals surface area contributed by atoms with E-state index in [1.807, 2.05) is 12.1 Å². The van der Waals surface area contributed by atoms with E-state index in [0.717, 1.165) is 24.8 Å². The van der Waals surface area contributed by atoms with Crippen LogP contribution < -0.4 is 5.73 Å². The second-order valence-corrected chi connectivity index (χ2v) is 5.75. The second kappa shape index (κ2) is 4.59. The van der Waals surface area contributed by atoms with Crippen molar-refractivity contribution in [1.82, 2.24) is 4.90 Å². The molecule has 0 bridgehead atoms. The zero-order chi connectivity index (χ0) is 14.3. The lowest BCUT2D eigenvalue weighted by Crippen LogP contribution is -2.34. The van der Waals surface area contributed by atoms with Gasteiger partial charge in [-0.25, -0.2) is 0 Å². The fourth-order valence-corrected chi connectivity index (χ4v) is 3.71. The van der Waals surface area contributed by atoms with Crippen LogP contribution in [0.2, 0.25) is 0 Å². The van der Waals surface area contributed by atoms with E-state index in [-0.39, 0.29) is 17.2 Å². The predicted octanol–water partition coefficient (Wildman–Crippen LogP) is 0.379. The summed E-state index contributed by atoms with van der Waals surface area (Å²) in [5.41, 5.74) is 8.87. The molecule has 5 heteroatoms. The van der Waals surface area contributed by atoms with Crippen molar-refractivity contribution in [2.24, 2.45) is 5.73 Å². The smallest absolute Gasteiger partial charge is 0.248 e. The average molecular weight is 273 g/mol. The summed E-state index contributed by atoms with van der Waals surface area (Å²) in [6, 6.07) is 5.94. The molecule has 5 nitrogen and oxygen atoms in total. The number of nitrogens with two attached hydrogens (primary N) is 1. The summed E-state index contributed by atoms with van der Waals surface area (Å²) in [6.45, 7) is 0.945. The van der Waals surface area contributed by atoms with E-state index in [9.17, 15) is 4.79 Å². The Morgan fingerprint density at radius 3 is 2.95 bits per heavy atom. The molecule has 1 saturated heterocycles. The van der Waals surface area contributed by atoms with E-state index in [1.54, 1.807) is 4.90 Å². The van der Waals surface area contributed by atoms with E-state index in [0.29, 0.717) is 13.1 Å². The van der Waals surface area contributed by atoms with Gasteiger partial charge in [0.1, 0.15) is 12.4 Å². The fourth-order valence-electron chi connectivity index (χ4n) is 3.71. The zero-order valence-corrected chi connectivity index (χ0v) is 11.4. The Morgan fingerprint density at radius 1 is 1.45 bits per heavy atom. The molecule has 1 unspecified atom stereocenters. The van der Waals surface area contributed by atoms with Crippen molar-refractivity contribution < 1.29 is 9.90 Å². The molecular formula is C15H19N3O2. The van der Waals surface area contributed by atoms with E-state index in [2.05, 4.69) is 6.07 Å². The van der Waals surface area contributed by atoms with Gasteiger partial charge in [0.15, 0.2) is 0 Å². The Labute approximate surface area is 117 Å². The van der Waals surface area contributed by atoms with Crippen molar-refractivity contribution in [2.75, 3.05) is 19.7 Å². The number of amides is 1. The molecule has 1 amide bonds. The maximum Gasteiger partial charge on any atom is 0.248 e. The maximum atomic E-state index is 11.7. The van der Waals surface area contributed by atoms with Crippen LogP contribution in [0.3, 0.4) is 0 Å². The van der Waals surface area contributed by atoms with E-state index < -0.39 is 6.61 Å². The van der Waals surface area contributed by atoms with Gasteiger partial charge in [-0.15, -0.1) is 0 Å². The molecule has 0 radical (unpaired) electrons. The molecule has 1 aliphatic heterocycles. The van der Waals surface area contributed by atoms with Crippen LogP contribution in [0.5, 0.6) is 0 Å². The first kappa shape index (κ1) is 13.1. The summed E-state index contributed by atoms with van der Waals surface area (Å²) in [6.07, 6.45) is 2.82. The lowest BCUT2D eigenvalue weighted by atomic mass is 9.81. The molecule has 3 rings (SSSR count). The molecule has 1 fully saturated rings. The van der Waals surface area contributed by atoms with Crippen LogP contribution >= 0.6 is 0 Å². The highest BCUT2D eigenvalue weighted by atomic mass is 16.3. The third-order valence-electron chi connectivity index (χ3n) is 4.73. The van der Waals surface area contributed by atoms with Crippen molar-refractivity contribution in [2.45, 2.75) is 24.7 Å². The summed E-state index contributed by atoms with van der Waals surface area (Å²) >= 11 is 0. The number of amidine groups is 1. The van der Waals surface area contributed by atoms with Gasteiger partial charge in [-0.1, -0.05) is 18.2 Å². The van der Waals surface area contributed by atoms with Crippen LogP contribution in [0.4, 0.5) is 0 Å². The lowest BCUT2D eigenvalue weighted by Gasteiger charge is -2.25. The second-order valence-electron chi connectivity index (χ2n) is 5.75. The molecule has 0 saturated carbocycles. The summed E-state index contributed by atoms with van der Waals surface area (Å²) in [7, 11) is 0. The van der Waals surface area contributed by atoms with Crippen LogP contribution in [-0.2, 0) is 16.6 Å². The number of benzene rings is 1. The van der Waals surface area contributed by atoms with E-state index >= 15 is 0 Å². The minimum atomic E-state index is -0.420. The standard InChI is InChI=1S/C15H19N3O2/c16-14(17)11-2-1-3-12-10(11)4-5-15(12)6-7-18(9-15)13(20)8-19/h1-3,19H,4-9H2,(H3,16,17). The number of nitrogens with one attached hydrogen (secondary N) is 1. The van der Waals surface area contributed by atoms with Crippen LogP contribution in [0, 0.1) is 5.41 Å². The number of carbonyl (C=O) groups excluding carboxylic acids is 1. The van der Waals surface area contributed by atoms with Gasteiger partial charge in [0.2, 0.25) is 5.91 Å². The number of carbonyl (C=O) groups is 1. The van der Waals surface area contributed by atoms with Gasteiger partial charge in [-0.3, -0.25) is 10.2 Å². The quantitative estimate of drug-likeness (QED) is 0.537. The predicted molar refractivity (Wildman–Crippen MR) is 75.7 cm³/mol. The maximum absolute atomic E-state index is 11.7. The minimum absolute atomic E-state index is 0.00831. The van der Waals surface area contributed by atoms with Crippen LogP contribution in [-0.4, -0.2) is 41.4 Å². The molecular weight excluding hydrogens is 254 g/mol. The molecule has 4 N–H and O–H groups in total. The van der Waals surface area contributed by atoms with Crippen LogP contribution in [0.15, 0.2) is 18.2 Å². The highest BCUT2D eigenvalue weighted by Crippen LogP contribution is 2.46. The van der Waals surface area contributed by atoms with Crippen LogP contribution in [0.25, 0.3) is 0 Å². The van der Waals surface area contributed by atoms with Gasteiger partial charge < -0.3 is 15.7 Å². The minimum Gasteiger partial charge on any atom is -0.387 e. The molecule has 1 atom stereocenters. The third-order valence-corrected chi connectivity index (χ3v) is 4.73. The summed E-state index contributed by atoms with van der Waals surface area (Å²) in [4.78, 5) is 13.4. The van der Waals surface area contributed by atoms with E-state index in [4.69, 9.17) is 16.2 Å². The highest BCUT2D eigenvalue weighted by molar-refractivity contribution is 5.97. The van der Waals surface area contributed by atoms with Crippen molar-refractivity contribution in [3.63, 3.8) is 0 Å². The molecule has 1 aromatic carbocycles. The Bertz CT molecular complexity index is 584. The summed E-state index contributed by atoms with van der Waals surface area (Å²) in [5.74, 6) is -0.0850. The number of nitrogen functional groups attached to an aromatic ring is 1. The van der Waals surface area contributed by atoms with Crippen molar-refractivity contribution in [1.29, 1.82) is 5.41 Å². The largest absolute Gasteiger partial charge is 0.387 e. The van der Waals surface area contributed by atoms with Gasteiger partial charge in [0.05, 0.1) is 0 Å². The SMILES string of the molecule is N=C(N)c1cccc2c1CCC21CCN(C(=O)CO)C1. The lowest BCUT2D eigenvalue weighted by molar-refractivity contribution is -0.133. The van der Waals surface area contributed by atoms with Crippen molar-refractivity contribution in [3.05, 3.63) is 34.9 Å². The van der Waals surface area contributed by atoms with Crippen molar-refractivity contribution in [3.8, 4) is 0 Å². The molecule has 1 aliphatic carbocycles. The molecule has 2 aliphatic rings. The first-order valence-electron chi connectivity index (χ1n) is 6.93. The molecule has 1 spiro atoms. The highest BCUT2D eigenvalue weighted by Gasteiger charge is 2.45. The summed E-state index contributed by atoms with van der Waals surface area (Å²) < 4.78 is 0. The van der Waals surface area contributed by atoms with Gasteiger partial charge in [-0.05, 0) is 30.4 Å². The third kappa shape index (κ3) is 1.81. The topological polar surface area (TPSA) is 90.4 Å². The van der Waals surface area contributed by atoms with Crippen LogP contribution in [0.1, 0.15) is 29.5 Å². The number of fused-ring (bicyclic) bond motifs is 2. The Kier molecular flexibility index (Phi) is 3.01. The zero-order valence-electron chi connectivity index (χ0n) is 11.4. The number of nitrogens with zero attached hydrogens (tertiary/aromatic N) is 1. The number of rotatable bonds is 2. The van der Waals surface area contributed by atoms with Gasteiger partial charge in [0, 0.05) is 24.1 Å². The molecule has 0 aromatic heterocycles.